The van der Waals surface area contributed by atoms with Crippen LogP contribution in [0.25, 0.3) is 16.9 Å². The molecule has 0 saturated heterocycles. The van der Waals surface area contributed by atoms with Gasteiger partial charge in [-0.3, -0.25) is 0 Å². The van der Waals surface area contributed by atoms with E-state index in [1.54, 1.807) is 35.1 Å². The van der Waals surface area contributed by atoms with Crippen molar-refractivity contribution in [1.82, 2.24) is 15.0 Å². The summed E-state index contributed by atoms with van der Waals surface area (Å²) in [6.45, 7) is 0. The molecular weight excluding hydrogens is 265 g/mol. The molecule has 0 aliphatic heterocycles. The molecule has 0 atom stereocenters. The Kier molecular flexibility index (Phi) is 3.01. The van der Waals surface area contributed by atoms with E-state index in [0.29, 0.717) is 5.02 Å². The Morgan fingerprint density at radius 1 is 0.947 bits per heavy atom. The Labute approximate surface area is 114 Å². The molecule has 0 saturated carbocycles. The summed E-state index contributed by atoms with van der Waals surface area (Å²) in [6, 6.07) is 13.5. The summed E-state index contributed by atoms with van der Waals surface area (Å²) in [5.41, 5.74) is 2.52. The third kappa shape index (κ3) is 2.35. The van der Waals surface area contributed by atoms with Crippen LogP contribution in [0, 0.1) is 5.82 Å². The molecule has 0 N–H and O–H groups in total. The van der Waals surface area contributed by atoms with Crippen LogP contribution in [-0.4, -0.2) is 15.0 Å². The van der Waals surface area contributed by atoms with Gasteiger partial charge in [-0.2, -0.15) is 0 Å². The summed E-state index contributed by atoms with van der Waals surface area (Å²) in [5, 5.41) is 8.60. The van der Waals surface area contributed by atoms with E-state index in [2.05, 4.69) is 10.3 Å². The fourth-order valence-corrected chi connectivity index (χ4v) is 1.95. The van der Waals surface area contributed by atoms with Gasteiger partial charge < -0.3 is 0 Å². The number of hydrogen-bond donors (Lipinski definition) is 0. The smallest absolute Gasteiger partial charge is 0.123 e. The van der Waals surface area contributed by atoms with Gasteiger partial charge in [0.05, 0.1) is 17.6 Å². The predicted molar refractivity (Wildman–Crippen MR) is 71.8 cm³/mol. The number of aromatic nitrogens is 3. The zero-order valence-electron chi connectivity index (χ0n) is 9.79. The van der Waals surface area contributed by atoms with Crippen molar-refractivity contribution >= 4 is 11.6 Å². The van der Waals surface area contributed by atoms with Crippen LogP contribution in [0.2, 0.25) is 5.02 Å². The van der Waals surface area contributed by atoms with Crippen LogP contribution in [0.1, 0.15) is 0 Å². The first kappa shape index (κ1) is 11.9. The average Bonchev–Trinajstić information content (AvgIpc) is 2.90. The molecule has 0 radical (unpaired) electrons. The third-order valence-electron chi connectivity index (χ3n) is 2.76. The molecule has 0 aliphatic rings. The van der Waals surface area contributed by atoms with Gasteiger partial charge in [-0.05, 0) is 36.4 Å². The van der Waals surface area contributed by atoms with Crippen LogP contribution in [0.5, 0.6) is 0 Å². The monoisotopic (exact) mass is 273 g/mol. The molecule has 2 aromatic carbocycles. The van der Waals surface area contributed by atoms with Crippen molar-refractivity contribution < 1.29 is 4.39 Å². The van der Waals surface area contributed by atoms with Crippen molar-refractivity contribution in [3.8, 4) is 16.9 Å². The Morgan fingerprint density at radius 3 is 2.32 bits per heavy atom. The fourth-order valence-electron chi connectivity index (χ4n) is 1.83. The highest BCUT2D eigenvalue weighted by Gasteiger charge is 2.08. The first-order valence-corrected chi connectivity index (χ1v) is 6.04. The Bertz CT molecular complexity index is 629. The van der Waals surface area contributed by atoms with Crippen molar-refractivity contribution in [2.45, 2.75) is 0 Å². The van der Waals surface area contributed by atoms with Crippen molar-refractivity contribution in [2.75, 3.05) is 0 Å². The van der Waals surface area contributed by atoms with Gasteiger partial charge in [-0.15, -0.1) is 5.10 Å². The highest BCUT2D eigenvalue weighted by atomic mass is 35.5. The molecule has 3 nitrogen and oxygen atoms in total. The van der Waals surface area contributed by atoms with Gasteiger partial charge in [0.25, 0.3) is 0 Å². The summed E-state index contributed by atoms with van der Waals surface area (Å²) >= 11 is 5.87. The number of hydrogen-bond acceptors (Lipinski definition) is 2. The van der Waals surface area contributed by atoms with Crippen LogP contribution in [0.4, 0.5) is 4.39 Å². The van der Waals surface area contributed by atoms with Gasteiger partial charge >= 0.3 is 0 Å². The van der Waals surface area contributed by atoms with Gasteiger partial charge in [-0.1, -0.05) is 28.9 Å². The molecule has 1 aromatic heterocycles. The van der Waals surface area contributed by atoms with E-state index in [4.69, 9.17) is 11.6 Å². The van der Waals surface area contributed by atoms with Crippen molar-refractivity contribution in [3.63, 3.8) is 0 Å². The second-order valence-electron chi connectivity index (χ2n) is 4.01. The molecule has 0 aliphatic carbocycles. The fraction of sp³-hybridized carbons (Fsp3) is 0. The Hall–Kier alpha value is -2.20. The minimum Gasteiger partial charge on any atom is -0.213 e. The lowest BCUT2D eigenvalue weighted by atomic mass is 10.1. The molecule has 0 bridgehead atoms. The van der Waals surface area contributed by atoms with E-state index in [1.807, 2.05) is 12.1 Å². The Morgan fingerprint density at radius 2 is 1.63 bits per heavy atom. The molecule has 3 aromatic rings. The molecule has 5 heteroatoms. The number of rotatable bonds is 2. The lowest BCUT2D eigenvalue weighted by Gasteiger charge is -2.06. The molecule has 94 valence electrons. The molecule has 0 fully saturated rings. The zero-order chi connectivity index (χ0) is 13.2. The minimum absolute atomic E-state index is 0.281. The van der Waals surface area contributed by atoms with Gasteiger partial charge in [0.1, 0.15) is 5.82 Å². The SMILES string of the molecule is Fc1ccc(-n2nncc2-c2ccc(Cl)cc2)cc1. The molecule has 19 heavy (non-hydrogen) atoms. The van der Waals surface area contributed by atoms with Crippen LogP contribution in [0.3, 0.4) is 0 Å². The molecular formula is C14H9ClFN3. The number of halogens is 2. The summed E-state index contributed by atoms with van der Waals surface area (Å²) in [5.74, 6) is -0.281. The van der Waals surface area contributed by atoms with Crippen LogP contribution < -0.4 is 0 Å². The first-order valence-electron chi connectivity index (χ1n) is 5.66. The normalized spacial score (nSPS) is 10.6. The van der Waals surface area contributed by atoms with Crippen molar-refractivity contribution in [1.29, 1.82) is 0 Å². The first-order chi connectivity index (χ1) is 9.24. The topological polar surface area (TPSA) is 30.7 Å². The summed E-state index contributed by atoms with van der Waals surface area (Å²) in [7, 11) is 0. The van der Waals surface area contributed by atoms with Gasteiger partial charge in [-0.25, -0.2) is 9.07 Å². The highest BCUT2D eigenvalue weighted by molar-refractivity contribution is 6.30. The lowest BCUT2D eigenvalue weighted by Crippen LogP contribution is -1.99. The van der Waals surface area contributed by atoms with Crippen LogP contribution >= 0.6 is 11.6 Å². The maximum Gasteiger partial charge on any atom is 0.123 e. The van der Waals surface area contributed by atoms with Crippen LogP contribution in [0.15, 0.2) is 54.7 Å². The van der Waals surface area contributed by atoms with E-state index >= 15 is 0 Å². The van der Waals surface area contributed by atoms with E-state index in [-0.39, 0.29) is 5.82 Å². The Balaban J connectivity index is 2.07. The molecule has 0 amide bonds. The number of nitrogens with zero attached hydrogens (tertiary/aromatic N) is 3. The summed E-state index contributed by atoms with van der Waals surface area (Å²) < 4.78 is 14.6. The molecule has 0 unspecified atom stereocenters. The second kappa shape index (κ2) is 4.82. The van der Waals surface area contributed by atoms with E-state index < -0.39 is 0 Å². The molecule has 0 spiro atoms. The maximum absolute atomic E-state index is 12.9. The zero-order valence-corrected chi connectivity index (χ0v) is 10.5. The predicted octanol–water partition coefficient (Wildman–Crippen LogP) is 3.73. The van der Waals surface area contributed by atoms with Gasteiger partial charge in [0, 0.05) is 10.6 Å². The standard InChI is InChI=1S/C14H9ClFN3/c15-11-3-1-10(2-4-11)14-9-17-18-19(14)13-7-5-12(16)6-8-13/h1-9H. The van der Waals surface area contributed by atoms with Crippen LogP contribution in [-0.2, 0) is 0 Å². The quantitative estimate of drug-likeness (QED) is 0.712. The van der Waals surface area contributed by atoms with Crippen molar-refractivity contribution in [3.05, 3.63) is 65.6 Å². The maximum atomic E-state index is 12.9. The summed E-state index contributed by atoms with van der Waals surface area (Å²) in [6.07, 6.45) is 1.66. The second-order valence-corrected chi connectivity index (χ2v) is 4.45. The average molecular weight is 274 g/mol. The largest absolute Gasteiger partial charge is 0.213 e. The van der Waals surface area contributed by atoms with E-state index in [1.165, 1.54) is 12.1 Å². The van der Waals surface area contributed by atoms with Gasteiger partial charge in [0.15, 0.2) is 0 Å². The lowest BCUT2D eigenvalue weighted by molar-refractivity contribution is 0.627. The van der Waals surface area contributed by atoms with Crippen molar-refractivity contribution in [2.24, 2.45) is 0 Å². The highest BCUT2D eigenvalue weighted by Crippen LogP contribution is 2.23. The molecule has 1 heterocycles. The van der Waals surface area contributed by atoms with E-state index in [9.17, 15) is 4.39 Å². The third-order valence-corrected chi connectivity index (χ3v) is 3.01. The summed E-state index contributed by atoms with van der Waals surface area (Å²) in [4.78, 5) is 0. The van der Waals surface area contributed by atoms with Gasteiger partial charge in [0.2, 0.25) is 0 Å². The number of benzene rings is 2. The molecule has 3 rings (SSSR count). The van der Waals surface area contributed by atoms with E-state index in [0.717, 1.165) is 16.9 Å². The minimum atomic E-state index is -0.281.